The topological polar surface area (TPSA) is 108 Å². The summed E-state index contributed by atoms with van der Waals surface area (Å²) in [5.74, 6) is -0.383. The molecular formula is C12H17BrN2O5S. The molecule has 1 aromatic rings. The maximum Gasteiger partial charge on any atom is 0.251 e. The summed E-state index contributed by atoms with van der Waals surface area (Å²) in [5.41, 5.74) is 0.148. The summed E-state index contributed by atoms with van der Waals surface area (Å²) in [7, 11) is -1.18. The highest BCUT2D eigenvalue weighted by molar-refractivity contribution is 9.10. The molecule has 21 heavy (non-hydrogen) atoms. The van der Waals surface area contributed by atoms with Crippen molar-refractivity contribution < 1.29 is 22.7 Å². The van der Waals surface area contributed by atoms with Crippen molar-refractivity contribution in [3.8, 4) is 5.75 Å². The van der Waals surface area contributed by atoms with Crippen LogP contribution in [0.2, 0.25) is 0 Å². The molecule has 7 nitrogen and oxygen atoms in total. The first kappa shape index (κ1) is 17.9. The van der Waals surface area contributed by atoms with Crippen molar-refractivity contribution in [2.45, 2.75) is 17.9 Å². The molecule has 1 amide bonds. The molecule has 0 aliphatic carbocycles. The molecule has 9 heteroatoms. The molecule has 0 fully saturated rings. The standard InChI is InChI=1S/C12H17BrN2O5S/c1-7(19-2)6-15-12(16)8-4-9(13)11(20-3)10(5-8)21(14,17)18/h4-5,7H,6H2,1-3H3,(H,15,16)(H2,14,17,18). The monoisotopic (exact) mass is 380 g/mol. The number of sulfonamides is 1. The fourth-order valence-electron chi connectivity index (χ4n) is 1.53. The lowest BCUT2D eigenvalue weighted by Crippen LogP contribution is -2.31. The molecule has 0 saturated heterocycles. The zero-order valence-corrected chi connectivity index (χ0v) is 14.2. The van der Waals surface area contributed by atoms with Crippen LogP contribution >= 0.6 is 15.9 Å². The van der Waals surface area contributed by atoms with Crippen LogP contribution in [0, 0.1) is 0 Å². The van der Waals surface area contributed by atoms with Crippen LogP contribution in [0.5, 0.6) is 5.75 Å². The van der Waals surface area contributed by atoms with Gasteiger partial charge in [-0.1, -0.05) is 0 Å². The molecule has 118 valence electrons. The van der Waals surface area contributed by atoms with Crippen molar-refractivity contribution in [2.75, 3.05) is 20.8 Å². The van der Waals surface area contributed by atoms with Gasteiger partial charge in [0.15, 0.2) is 5.75 Å². The average molecular weight is 381 g/mol. The fourth-order valence-corrected chi connectivity index (χ4v) is 3.03. The zero-order chi connectivity index (χ0) is 16.2. The molecule has 0 heterocycles. The van der Waals surface area contributed by atoms with Crippen molar-refractivity contribution in [2.24, 2.45) is 5.14 Å². The second-order valence-corrected chi connectivity index (χ2v) is 6.67. The minimum atomic E-state index is -4.02. The Bertz CT molecular complexity index is 633. The first-order valence-corrected chi connectivity index (χ1v) is 8.26. The maximum absolute atomic E-state index is 12.0. The molecule has 0 aliphatic rings. The van der Waals surface area contributed by atoms with E-state index in [-0.39, 0.29) is 22.3 Å². The number of hydrogen-bond acceptors (Lipinski definition) is 5. The third kappa shape index (κ3) is 4.67. The number of primary sulfonamides is 1. The highest BCUT2D eigenvalue weighted by Gasteiger charge is 2.21. The number of benzene rings is 1. The number of rotatable bonds is 6. The Kier molecular flexibility index (Phi) is 6.14. The van der Waals surface area contributed by atoms with Gasteiger partial charge in [0.25, 0.3) is 5.91 Å². The molecule has 1 unspecified atom stereocenters. The molecule has 0 aromatic heterocycles. The predicted molar refractivity (Wildman–Crippen MR) is 80.9 cm³/mol. The van der Waals surface area contributed by atoms with E-state index in [0.29, 0.717) is 11.0 Å². The van der Waals surface area contributed by atoms with E-state index in [0.717, 1.165) is 0 Å². The molecule has 0 radical (unpaired) electrons. The van der Waals surface area contributed by atoms with Crippen LogP contribution in [0.25, 0.3) is 0 Å². The van der Waals surface area contributed by atoms with Crippen LogP contribution in [0.3, 0.4) is 0 Å². The molecule has 1 aromatic carbocycles. The minimum absolute atomic E-state index is 0.0549. The number of amides is 1. The van der Waals surface area contributed by atoms with Crippen LogP contribution < -0.4 is 15.2 Å². The largest absolute Gasteiger partial charge is 0.494 e. The number of nitrogens with one attached hydrogen (secondary N) is 1. The van der Waals surface area contributed by atoms with E-state index in [2.05, 4.69) is 21.2 Å². The van der Waals surface area contributed by atoms with Gasteiger partial charge in [0.1, 0.15) is 4.90 Å². The van der Waals surface area contributed by atoms with Crippen molar-refractivity contribution in [1.82, 2.24) is 5.32 Å². The SMILES string of the molecule is COc1c(Br)cc(C(=O)NCC(C)OC)cc1S(N)(=O)=O. The Morgan fingerprint density at radius 1 is 1.43 bits per heavy atom. The summed E-state index contributed by atoms with van der Waals surface area (Å²) in [6.07, 6.45) is -0.159. The lowest BCUT2D eigenvalue weighted by molar-refractivity contribution is 0.0870. The predicted octanol–water partition coefficient (Wildman–Crippen LogP) is 0.870. The van der Waals surface area contributed by atoms with Gasteiger partial charge < -0.3 is 14.8 Å². The van der Waals surface area contributed by atoms with E-state index in [1.165, 1.54) is 26.4 Å². The van der Waals surface area contributed by atoms with Crippen LogP contribution in [0.15, 0.2) is 21.5 Å². The second kappa shape index (κ2) is 7.21. The number of ether oxygens (including phenoxy) is 2. The molecule has 1 atom stereocenters. The smallest absolute Gasteiger partial charge is 0.251 e. The minimum Gasteiger partial charge on any atom is -0.494 e. The van der Waals surface area contributed by atoms with E-state index >= 15 is 0 Å². The quantitative estimate of drug-likeness (QED) is 0.760. The van der Waals surface area contributed by atoms with Gasteiger partial charge >= 0.3 is 0 Å². The molecule has 0 saturated carbocycles. The summed E-state index contributed by atoms with van der Waals surface area (Å²) in [5, 5.41) is 7.77. The Labute approximate surface area is 132 Å². The van der Waals surface area contributed by atoms with E-state index in [1.807, 2.05) is 0 Å². The lowest BCUT2D eigenvalue weighted by Gasteiger charge is -2.13. The Morgan fingerprint density at radius 2 is 2.05 bits per heavy atom. The van der Waals surface area contributed by atoms with Gasteiger partial charge in [0.05, 0.1) is 17.7 Å². The molecule has 0 bridgehead atoms. The molecule has 0 spiro atoms. The van der Waals surface area contributed by atoms with Crippen molar-refractivity contribution in [3.63, 3.8) is 0 Å². The summed E-state index contributed by atoms with van der Waals surface area (Å²) < 4.78 is 33.5. The van der Waals surface area contributed by atoms with Crippen LogP contribution in [-0.2, 0) is 14.8 Å². The Hall–Kier alpha value is -1.16. The number of hydrogen-bond donors (Lipinski definition) is 2. The highest BCUT2D eigenvalue weighted by Crippen LogP contribution is 2.33. The second-order valence-electron chi connectivity index (χ2n) is 4.29. The van der Waals surface area contributed by atoms with E-state index in [1.54, 1.807) is 6.92 Å². The molecule has 1 rings (SSSR count). The number of carbonyl (C=O) groups excluding carboxylic acids is 1. The molecular weight excluding hydrogens is 364 g/mol. The van der Waals surface area contributed by atoms with Crippen LogP contribution in [-0.4, -0.2) is 41.2 Å². The van der Waals surface area contributed by atoms with E-state index in [9.17, 15) is 13.2 Å². The van der Waals surface area contributed by atoms with Crippen LogP contribution in [0.1, 0.15) is 17.3 Å². The number of methoxy groups -OCH3 is 2. The normalized spacial score (nSPS) is 12.8. The first-order valence-electron chi connectivity index (χ1n) is 5.92. The Morgan fingerprint density at radius 3 is 2.52 bits per heavy atom. The van der Waals surface area contributed by atoms with Gasteiger partial charge in [-0.2, -0.15) is 0 Å². The lowest BCUT2D eigenvalue weighted by atomic mass is 10.2. The molecule has 3 N–H and O–H groups in total. The summed E-state index contributed by atoms with van der Waals surface area (Å²) in [6, 6.07) is 2.63. The van der Waals surface area contributed by atoms with Gasteiger partial charge in [0.2, 0.25) is 10.0 Å². The summed E-state index contributed by atoms with van der Waals surface area (Å²) in [4.78, 5) is 11.8. The van der Waals surface area contributed by atoms with E-state index < -0.39 is 15.9 Å². The number of nitrogens with two attached hydrogens (primary N) is 1. The van der Waals surface area contributed by atoms with Gasteiger partial charge in [0, 0.05) is 19.2 Å². The van der Waals surface area contributed by atoms with Crippen molar-refractivity contribution in [3.05, 3.63) is 22.2 Å². The van der Waals surface area contributed by atoms with Gasteiger partial charge in [-0.05, 0) is 35.0 Å². The first-order chi connectivity index (χ1) is 9.70. The van der Waals surface area contributed by atoms with Gasteiger partial charge in [-0.3, -0.25) is 4.79 Å². The van der Waals surface area contributed by atoms with Crippen molar-refractivity contribution >= 4 is 31.9 Å². The maximum atomic E-state index is 12.0. The summed E-state index contributed by atoms with van der Waals surface area (Å²) in [6.45, 7) is 2.09. The fraction of sp³-hybridized carbons (Fsp3) is 0.417. The number of halogens is 1. The van der Waals surface area contributed by atoms with Crippen molar-refractivity contribution in [1.29, 1.82) is 0 Å². The Balaban J connectivity index is 3.16. The zero-order valence-electron chi connectivity index (χ0n) is 11.8. The highest BCUT2D eigenvalue weighted by atomic mass is 79.9. The third-order valence-corrected chi connectivity index (χ3v) is 4.24. The third-order valence-electron chi connectivity index (χ3n) is 2.73. The number of carbonyl (C=O) groups is 1. The van der Waals surface area contributed by atoms with Gasteiger partial charge in [-0.25, -0.2) is 13.6 Å². The van der Waals surface area contributed by atoms with Crippen LogP contribution in [0.4, 0.5) is 0 Å². The summed E-state index contributed by atoms with van der Waals surface area (Å²) >= 11 is 3.16. The average Bonchev–Trinajstić information content (AvgIpc) is 2.42. The molecule has 0 aliphatic heterocycles. The van der Waals surface area contributed by atoms with Gasteiger partial charge in [-0.15, -0.1) is 0 Å². The van der Waals surface area contributed by atoms with E-state index in [4.69, 9.17) is 14.6 Å².